The van der Waals surface area contributed by atoms with Gasteiger partial charge in [-0.1, -0.05) is 50.8 Å². The smallest absolute Gasteiger partial charge is 0.333 e. The van der Waals surface area contributed by atoms with Gasteiger partial charge in [0.1, 0.15) is 5.75 Å². The predicted molar refractivity (Wildman–Crippen MR) is 137 cm³/mol. The number of hydrogen-bond acceptors (Lipinski definition) is 3. The molecular weight excluding hydrogens is 448 g/mol. The van der Waals surface area contributed by atoms with Crippen molar-refractivity contribution in [2.24, 2.45) is 5.92 Å². The minimum absolute atomic E-state index is 0.0290. The van der Waals surface area contributed by atoms with Crippen molar-refractivity contribution < 1.29 is 23.0 Å². The Kier molecular flexibility index (Phi) is 9.07. The van der Waals surface area contributed by atoms with E-state index in [0.29, 0.717) is 11.7 Å². The van der Waals surface area contributed by atoms with E-state index in [9.17, 15) is 13.6 Å². The molecule has 0 saturated carbocycles. The highest BCUT2D eigenvalue weighted by Crippen LogP contribution is 2.32. The second-order valence-electron chi connectivity index (χ2n) is 9.45. The second-order valence-corrected chi connectivity index (χ2v) is 9.45. The number of carbonyl (C=O) groups is 1. The highest BCUT2D eigenvalue weighted by Gasteiger charge is 2.27. The Labute approximate surface area is 206 Å². The molecule has 1 heterocycles. The maximum atomic E-state index is 14.2. The summed E-state index contributed by atoms with van der Waals surface area (Å²) in [6.07, 6.45) is -0.252. The summed E-state index contributed by atoms with van der Waals surface area (Å²) in [6, 6.07) is 18.4. The lowest BCUT2D eigenvalue weighted by Crippen LogP contribution is -2.18. The van der Waals surface area contributed by atoms with Crippen LogP contribution >= 0.6 is 0 Å². The van der Waals surface area contributed by atoms with Gasteiger partial charge in [-0.2, -0.15) is 0 Å². The molecule has 35 heavy (non-hydrogen) atoms. The van der Waals surface area contributed by atoms with Crippen LogP contribution in [-0.2, 0) is 16.1 Å². The van der Waals surface area contributed by atoms with Crippen LogP contribution in [0.25, 0.3) is 22.2 Å². The Morgan fingerprint density at radius 3 is 2.37 bits per heavy atom. The minimum Gasteiger partial charge on any atom is -0.494 e. The zero-order valence-electron chi connectivity index (χ0n) is 20.9. The predicted octanol–water partition coefficient (Wildman–Crippen LogP) is 7.66. The number of halogens is 2. The number of ether oxygens (including phenoxy) is 2. The first kappa shape index (κ1) is 26.5. The topological polar surface area (TPSA) is 40.5 Å². The van der Waals surface area contributed by atoms with Crippen LogP contribution < -0.4 is 4.74 Å². The summed E-state index contributed by atoms with van der Waals surface area (Å²) >= 11 is 0. The van der Waals surface area contributed by atoms with Gasteiger partial charge in [-0.25, -0.2) is 13.6 Å². The number of carbonyl (C=O) groups excluding carboxylic acids is 1. The van der Waals surface area contributed by atoms with Crippen LogP contribution in [0.15, 0.2) is 66.7 Å². The number of benzene rings is 2. The van der Waals surface area contributed by atoms with Gasteiger partial charge < -0.3 is 14.0 Å². The Morgan fingerprint density at radius 2 is 1.71 bits per heavy atom. The number of fused-ring (bicyclic) bond motifs is 1. The molecule has 0 atom stereocenters. The zero-order valence-corrected chi connectivity index (χ0v) is 20.9. The maximum absolute atomic E-state index is 14.2. The van der Waals surface area contributed by atoms with E-state index < -0.39 is 11.9 Å². The largest absolute Gasteiger partial charge is 0.494 e. The van der Waals surface area contributed by atoms with Gasteiger partial charge in [0.05, 0.1) is 18.7 Å². The van der Waals surface area contributed by atoms with E-state index in [-0.39, 0.29) is 44.5 Å². The maximum Gasteiger partial charge on any atom is 0.333 e. The zero-order chi connectivity index (χ0) is 25.4. The summed E-state index contributed by atoms with van der Waals surface area (Å²) in [5, 5.41) is 1.12. The van der Waals surface area contributed by atoms with Gasteiger partial charge in [0.25, 0.3) is 0 Å². The molecule has 0 bridgehead atoms. The third kappa shape index (κ3) is 7.67. The summed E-state index contributed by atoms with van der Waals surface area (Å²) in [6.45, 7) is 10.4. The van der Waals surface area contributed by atoms with Crippen molar-refractivity contribution in [2.45, 2.75) is 58.9 Å². The van der Waals surface area contributed by atoms with Crippen LogP contribution in [0.2, 0.25) is 0 Å². The second kappa shape index (κ2) is 12.0. The molecule has 0 unspecified atom stereocenters. The molecule has 0 aliphatic heterocycles. The third-order valence-corrected chi connectivity index (χ3v) is 5.72. The Hall–Kier alpha value is -3.15. The molecule has 0 amide bonds. The quantitative estimate of drug-likeness (QED) is 0.142. The average Bonchev–Trinajstić information content (AvgIpc) is 3.17. The van der Waals surface area contributed by atoms with E-state index >= 15 is 0 Å². The normalized spacial score (nSPS) is 11.7. The lowest BCUT2D eigenvalue weighted by molar-refractivity contribution is -0.139. The molecule has 0 aliphatic carbocycles. The summed E-state index contributed by atoms with van der Waals surface area (Å²) in [5.41, 5.74) is 3.65. The molecule has 4 nitrogen and oxygen atoms in total. The average molecular weight is 484 g/mol. The number of aromatic nitrogens is 1. The van der Waals surface area contributed by atoms with Crippen molar-refractivity contribution in [1.82, 2.24) is 4.57 Å². The molecule has 3 aromatic rings. The summed E-state index contributed by atoms with van der Waals surface area (Å²) in [7, 11) is 0. The molecular formula is C29H35F2NO3. The molecule has 0 aliphatic rings. The number of alkyl halides is 2. The fraction of sp³-hybridized carbons (Fsp3) is 0.414. The Morgan fingerprint density at radius 1 is 1.03 bits per heavy atom. The molecule has 0 fully saturated rings. The molecule has 0 radical (unpaired) electrons. The number of nitrogens with zero attached hydrogens (tertiary/aromatic N) is 1. The van der Waals surface area contributed by atoms with E-state index in [0.717, 1.165) is 28.7 Å². The van der Waals surface area contributed by atoms with Crippen LogP contribution in [0.4, 0.5) is 8.78 Å². The van der Waals surface area contributed by atoms with Crippen molar-refractivity contribution in [1.29, 1.82) is 0 Å². The summed E-state index contributed by atoms with van der Waals surface area (Å²) < 4.78 is 41.4. The van der Waals surface area contributed by atoms with Gasteiger partial charge in [-0.15, -0.1) is 0 Å². The fourth-order valence-electron chi connectivity index (χ4n) is 4.00. The molecule has 3 rings (SSSR count). The molecule has 6 heteroatoms. The van der Waals surface area contributed by atoms with Crippen molar-refractivity contribution in [3.63, 3.8) is 0 Å². The van der Waals surface area contributed by atoms with Crippen LogP contribution in [0.5, 0.6) is 5.75 Å². The van der Waals surface area contributed by atoms with Gasteiger partial charge in [-0.05, 0) is 49.4 Å². The van der Waals surface area contributed by atoms with Crippen molar-refractivity contribution in [3.05, 3.63) is 66.7 Å². The van der Waals surface area contributed by atoms with E-state index in [1.54, 1.807) is 0 Å². The van der Waals surface area contributed by atoms with E-state index in [1.807, 2.05) is 36.4 Å². The summed E-state index contributed by atoms with van der Waals surface area (Å²) in [5.74, 6) is -2.23. The van der Waals surface area contributed by atoms with Crippen LogP contribution in [0, 0.1) is 5.92 Å². The lowest BCUT2D eigenvalue weighted by atomic mass is 10.1. The van der Waals surface area contributed by atoms with Crippen LogP contribution in [0.1, 0.15) is 46.5 Å². The molecule has 0 spiro atoms. The van der Waals surface area contributed by atoms with Gasteiger partial charge in [-0.3, -0.25) is 0 Å². The SMILES string of the molecule is C=C(C)C(=O)OCCCC(F)(F)CCCOc1ccc2cc(-c3ccccc3)n(CC(C)C)c2c1. The first-order valence-corrected chi connectivity index (χ1v) is 12.2. The third-order valence-electron chi connectivity index (χ3n) is 5.72. The lowest BCUT2D eigenvalue weighted by Gasteiger charge is -2.17. The van der Waals surface area contributed by atoms with E-state index in [2.05, 4.69) is 43.2 Å². The van der Waals surface area contributed by atoms with Gasteiger partial charge in [0.15, 0.2) is 0 Å². The number of rotatable bonds is 13. The van der Waals surface area contributed by atoms with Gasteiger partial charge in [0.2, 0.25) is 5.92 Å². The number of hydrogen-bond donors (Lipinski definition) is 0. The summed E-state index contributed by atoms with van der Waals surface area (Å²) in [4.78, 5) is 11.3. The van der Waals surface area contributed by atoms with Gasteiger partial charge in [0, 0.05) is 42.1 Å². The first-order chi connectivity index (χ1) is 16.7. The van der Waals surface area contributed by atoms with Crippen molar-refractivity contribution >= 4 is 16.9 Å². The molecule has 0 saturated heterocycles. The van der Waals surface area contributed by atoms with Gasteiger partial charge >= 0.3 is 5.97 Å². The molecule has 2 aromatic carbocycles. The van der Waals surface area contributed by atoms with Crippen LogP contribution in [0.3, 0.4) is 0 Å². The van der Waals surface area contributed by atoms with Crippen molar-refractivity contribution in [2.75, 3.05) is 13.2 Å². The van der Waals surface area contributed by atoms with Crippen LogP contribution in [-0.4, -0.2) is 29.7 Å². The Balaban J connectivity index is 1.58. The standard InChI is InChI=1S/C29H35F2NO3/c1-21(2)20-32-26(23-10-6-5-7-11-23)18-24-12-13-25(19-27(24)32)34-16-8-14-29(30,31)15-9-17-35-28(33)22(3)4/h5-7,10-13,18-19,21H,3,8-9,14-17,20H2,1-2,4H3. The molecule has 188 valence electrons. The fourth-order valence-corrected chi connectivity index (χ4v) is 4.00. The first-order valence-electron chi connectivity index (χ1n) is 12.2. The van der Waals surface area contributed by atoms with E-state index in [4.69, 9.17) is 9.47 Å². The highest BCUT2D eigenvalue weighted by atomic mass is 19.3. The minimum atomic E-state index is -2.82. The molecule has 0 N–H and O–H groups in total. The highest BCUT2D eigenvalue weighted by molar-refractivity contribution is 5.88. The molecule has 1 aromatic heterocycles. The Bertz CT molecular complexity index is 1140. The monoisotopic (exact) mass is 483 g/mol. The number of esters is 1. The van der Waals surface area contributed by atoms with Crippen molar-refractivity contribution in [3.8, 4) is 17.0 Å². The van der Waals surface area contributed by atoms with E-state index in [1.165, 1.54) is 6.92 Å².